The number of aliphatic hydroxyl groups is 1. The Morgan fingerprint density at radius 1 is 1.05 bits per heavy atom. The van der Waals surface area contributed by atoms with E-state index in [0.717, 1.165) is 35.7 Å². The zero-order chi connectivity index (χ0) is 15.8. The van der Waals surface area contributed by atoms with Crippen molar-refractivity contribution in [3.8, 4) is 5.75 Å². The summed E-state index contributed by atoms with van der Waals surface area (Å²) in [4.78, 5) is 1.16. The third-order valence-corrected chi connectivity index (χ3v) is 4.35. The minimum absolute atomic E-state index is 0.104. The second-order valence-corrected chi connectivity index (χ2v) is 5.94. The molecule has 0 atom stereocenters. The van der Waals surface area contributed by atoms with Crippen LogP contribution in [0.25, 0.3) is 0 Å². The molecule has 0 aliphatic heterocycles. The highest BCUT2D eigenvalue weighted by Gasteiger charge is 2.03. The summed E-state index contributed by atoms with van der Waals surface area (Å²) in [6.07, 6.45) is 3.03. The number of rotatable bonds is 8. The minimum atomic E-state index is 0.104. The summed E-state index contributed by atoms with van der Waals surface area (Å²) in [5.41, 5.74) is 3.46. The normalized spacial score (nSPS) is 10.7. The van der Waals surface area contributed by atoms with E-state index >= 15 is 0 Å². The second-order valence-electron chi connectivity index (χ2n) is 5.09. The quantitative estimate of drug-likeness (QED) is 0.579. The first-order valence-corrected chi connectivity index (χ1v) is 8.59. The van der Waals surface area contributed by atoms with Crippen LogP contribution < -0.4 is 10.1 Å². The Bertz CT molecular complexity index is 584. The van der Waals surface area contributed by atoms with Gasteiger partial charge in [-0.15, -0.1) is 11.8 Å². The van der Waals surface area contributed by atoms with Gasteiger partial charge < -0.3 is 15.2 Å². The van der Waals surface area contributed by atoms with Gasteiger partial charge >= 0.3 is 0 Å². The number of nitrogens with one attached hydrogen (secondary N) is 1. The molecule has 118 valence electrons. The van der Waals surface area contributed by atoms with E-state index in [4.69, 9.17) is 9.84 Å². The summed E-state index contributed by atoms with van der Waals surface area (Å²) < 4.78 is 5.41. The molecule has 0 saturated carbocycles. The fourth-order valence-electron chi connectivity index (χ4n) is 2.27. The van der Waals surface area contributed by atoms with Crippen molar-refractivity contribution in [1.29, 1.82) is 0 Å². The van der Waals surface area contributed by atoms with Crippen LogP contribution in [0.2, 0.25) is 0 Å². The molecule has 0 spiro atoms. The standard InChI is InChI=1S/C18H23NO2S/c1-21-17-11-16(7-8-18(17)22-2)12-19-10-9-14-3-5-15(13-20)6-4-14/h3-8,11,19-20H,9-10,12-13H2,1-2H3. The van der Waals surface area contributed by atoms with E-state index < -0.39 is 0 Å². The number of aliphatic hydroxyl groups excluding tert-OH is 1. The van der Waals surface area contributed by atoms with Crippen LogP contribution in [0.15, 0.2) is 47.4 Å². The van der Waals surface area contributed by atoms with Crippen LogP contribution in [0, 0.1) is 0 Å². The van der Waals surface area contributed by atoms with Crippen LogP contribution in [0.4, 0.5) is 0 Å². The molecule has 2 N–H and O–H groups in total. The van der Waals surface area contributed by atoms with Crippen molar-refractivity contribution in [2.45, 2.75) is 24.5 Å². The van der Waals surface area contributed by atoms with Crippen LogP contribution in [0.5, 0.6) is 5.75 Å². The summed E-state index contributed by atoms with van der Waals surface area (Å²) in [7, 11) is 1.71. The summed E-state index contributed by atoms with van der Waals surface area (Å²) in [6, 6.07) is 14.4. The molecule has 4 heteroatoms. The molecular weight excluding hydrogens is 294 g/mol. The molecule has 0 saturated heterocycles. The Labute approximate surface area is 136 Å². The van der Waals surface area contributed by atoms with Gasteiger partial charge in [0.05, 0.1) is 13.7 Å². The highest BCUT2D eigenvalue weighted by molar-refractivity contribution is 7.98. The first-order valence-electron chi connectivity index (χ1n) is 7.37. The Morgan fingerprint density at radius 2 is 1.73 bits per heavy atom. The van der Waals surface area contributed by atoms with E-state index in [-0.39, 0.29) is 6.61 Å². The average Bonchev–Trinajstić information content (AvgIpc) is 2.59. The van der Waals surface area contributed by atoms with Gasteiger partial charge in [0.1, 0.15) is 5.75 Å². The Balaban J connectivity index is 1.80. The van der Waals surface area contributed by atoms with E-state index in [1.807, 2.05) is 12.1 Å². The molecule has 2 aromatic rings. The fraction of sp³-hybridized carbons (Fsp3) is 0.333. The van der Waals surface area contributed by atoms with Crippen molar-refractivity contribution < 1.29 is 9.84 Å². The van der Waals surface area contributed by atoms with Crippen molar-refractivity contribution in [3.63, 3.8) is 0 Å². The van der Waals surface area contributed by atoms with Gasteiger partial charge in [0, 0.05) is 11.4 Å². The lowest BCUT2D eigenvalue weighted by Crippen LogP contribution is -2.16. The third-order valence-electron chi connectivity index (χ3n) is 3.57. The molecule has 0 radical (unpaired) electrons. The molecule has 0 amide bonds. The molecule has 0 bridgehead atoms. The minimum Gasteiger partial charge on any atom is -0.496 e. The van der Waals surface area contributed by atoms with Crippen molar-refractivity contribution in [2.75, 3.05) is 19.9 Å². The molecule has 0 heterocycles. The maximum absolute atomic E-state index is 9.02. The monoisotopic (exact) mass is 317 g/mol. The highest BCUT2D eigenvalue weighted by Crippen LogP contribution is 2.28. The molecule has 0 aliphatic rings. The van der Waals surface area contributed by atoms with Crippen LogP contribution in [-0.4, -0.2) is 25.0 Å². The SMILES string of the molecule is COc1cc(CNCCc2ccc(CO)cc2)ccc1SC. The Kier molecular flexibility index (Phi) is 6.77. The van der Waals surface area contributed by atoms with Crippen LogP contribution >= 0.6 is 11.8 Å². The van der Waals surface area contributed by atoms with Crippen molar-refractivity contribution in [1.82, 2.24) is 5.32 Å². The van der Waals surface area contributed by atoms with Gasteiger partial charge in [-0.3, -0.25) is 0 Å². The predicted molar refractivity (Wildman–Crippen MR) is 92.6 cm³/mol. The summed E-state index contributed by atoms with van der Waals surface area (Å²) in [6.45, 7) is 1.86. The molecule has 3 nitrogen and oxygen atoms in total. The largest absolute Gasteiger partial charge is 0.496 e. The van der Waals surface area contributed by atoms with E-state index in [1.54, 1.807) is 18.9 Å². The van der Waals surface area contributed by atoms with Crippen molar-refractivity contribution in [3.05, 3.63) is 59.2 Å². The van der Waals surface area contributed by atoms with E-state index in [2.05, 4.69) is 41.9 Å². The first kappa shape index (κ1) is 16.9. The average molecular weight is 317 g/mol. The topological polar surface area (TPSA) is 41.5 Å². The maximum Gasteiger partial charge on any atom is 0.132 e. The number of methoxy groups -OCH3 is 1. The van der Waals surface area contributed by atoms with Gasteiger partial charge in [-0.1, -0.05) is 30.3 Å². The second kappa shape index (κ2) is 8.83. The number of hydrogen-bond donors (Lipinski definition) is 2. The van der Waals surface area contributed by atoms with Gasteiger partial charge in [-0.2, -0.15) is 0 Å². The van der Waals surface area contributed by atoms with Crippen molar-refractivity contribution >= 4 is 11.8 Å². The van der Waals surface area contributed by atoms with Gasteiger partial charge in [-0.25, -0.2) is 0 Å². The van der Waals surface area contributed by atoms with Crippen LogP contribution in [0.3, 0.4) is 0 Å². The lowest BCUT2D eigenvalue weighted by Gasteiger charge is -2.10. The smallest absolute Gasteiger partial charge is 0.132 e. The van der Waals surface area contributed by atoms with Crippen LogP contribution in [-0.2, 0) is 19.6 Å². The summed E-state index contributed by atoms with van der Waals surface area (Å²) >= 11 is 1.69. The highest BCUT2D eigenvalue weighted by atomic mass is 32.2. The lowest BCUT2D eigenvalue weighted by molar-refractivity contribution is 0.282. The third kappa shape index (κ3) is 4.77. The van der Waals surface area contributed by atoms with Gasteiger partial charge in [0.2, 0.25) is 0 Å². The molecule has 0 aliphatic carbocycles. The molecule has 0 aromatic heterocycles. The zero-order valence-electron chi connectivity index (χ0n) is 13.1. The fourth-order valence-corrected chi connectivity index (χ4v) is 2.81. The van der Waals surface area contributed by atoms with E-state index in [1.165, 1.54) is 11.1 Å². The van der Waals surface area contributed by atoms with Crippen LogP contribution in [0.1, 0.15) is 16.7 Å². The predicted octanol–water partition coefficient (Wildman–Crippen LogP) is 3.24. The number of thioether (sulfide) groups is 1. The lowest BCUT2D eigenvalue weighted by atomic mass is 10.1. The molecule has 22 heavy (non-hydrogen) atoms. The van der Waals surface area contributed by atoms with E-state index in [9.17, 15) is 0 Å². The number of benzene rings is 2. The molecule has 0 fully saturated rings. The molecule has 0 unspecified atom stereocenters. The Morgan fingerprint density at radius 3 is 2.36 bits per heavy atom. The van der Waals surface area contributed by atoms with E-state index in [0.29, 0.717) is 0 Å². The molecular formula is C18H23NO2S. The maximum atomic E-state index is 9.02. The van der Waals surface area contributed by atoms with Gasteiger partial charge in [0.15, 0.2) is 0 Å². The molecule has 2 aromatic carbocycles. The van der Waals surface area contributed by atoms with Gasteiger partial charge in [-0.05, 0) is 48.0 Å². The van der Waals surface area contributed by atoms with Gasteiger partial charge in [0.25, 0.3) is 0 Å². The summed E-state index contributed by atoms with van der Waals surface area (Å²) in [5, 5.41) is 12.5. The summed E-state index contributed by atoms with van der Waals surface area (Å²) in [5.74, 6) is 0.936. The number of ether oxygens (including phenoxy) is 1. The first-order chi connectivity index (χ1) is 10.8. The number of hydrogen-bond acceptors (Lipinski definition) is 4. The molecule has 2 rings (SSSR count). The zero-order valence-corrected chi connectivity index (χ0v) is 14.0. The Hall–Kier alpha value is -1.49. The van der Waals surface area contributed by atoms with Crippen molar-refractivity contribution in [2.24, 2.45) is 0 Å².